The number of carbonyl (C=O) groups excluding carboxylic acids is 2. The summed E-state index contributed by atoms with van der Waals surface area (Å²) in [7, 11) is 0. The zero-order valence-corrected chi connectivity index (χ0v) is 27.0. The Morgan fingerprint density at radius 1 is 1.00 bits per heavy atom. The van der Waals surface area contributed by atoms with E-state index in [1.807, 2.05) is 12.1 Å². The van der Waals surface area contributed by atoms with Crippen LogP contribution in [0.15, 0.2) is 60.1 Å². The molecule has 3 N–H and O–H groups in total. The van der Waals surface area contributed by atoms with Crippen LogP contribution in [0.25, 0.3) is 11.1 Å². The summed E-state index contributed by atoms with van der Waals surface area (Å²) in [6.07, 6.45) is -1.77. The minimum Gasteiger partial charge on any atom is -0.508 e. The Hall–Kier alpha value is -4.60. The summed E-state index contributed by atoms with van der Waals surface area (Å²) in [5, 5.41) is 15.8. The third kappa shape index (κ3) is 8.71. The number of nitrogens with one attached hydrogen (secondary N) is 2. The van der Waals surface area contributed by atoms with Gasteiger partial charge in [0.1, 0.15) is 28.6 Å². The van der Waals surface area contributed by atoms with Gasteiger partial charge in [-0.1, -0.05) is 18.2 Å². The first-order valence-corrected chi connectivity index (χ1v) is 16.6. The number of alkyl halides is 3. The summed E-state index contributed by atoms with van der Waals surface area (Å²) < 4.78 is 64.4. The number of aromatic nitrogens is 2. The van der Waals surface area contributed by atoms with Gasteiger partial charge in [-0.25, -0.2) is 14.4 Å². The molecule has 1 aliphatic carbocycles. The molecule has 258 valence electrons. The fourth-order valence-corrected chi connectivity index (χ4v) is 6.58. The highest BCUT2D eigenvalue weighted by atomic mass is 32.1. The van der Waals surface area contributed by atoms with Crippen molar-refractivity contribution in [1.82, 2.24) is 25.5 Å². The van der Waals surface area contributed by atoms with Crippen LogP contribution < -0.4 is 15.4 Å². The van der Waals surface area contributed by atoms with E-state index < -0.39 is 28.8 Å². The first-order chi connectivity index (χ1) is 23.5. The van der Waals surface area contributed by atoms with Crippen molar-refractivity contribution in [3.05, 3.63) is 87.8 Å². The number of amides is 2. The summed E-state index contributed by atoms with van der Waals surface area (Å²) >= 11 is 0.361. The lowest BCUT2D eigenvalue weighted by atomic mass is 9.91. The first-order valence-electron chi connectivity index (χ1n) is 15.7. The lowest BCUT2D eigenvalue weighted by Crippen LogP contribution is -2.44. The predicted octanol–water partition coefficient (Wildman–Crippen LogP) is 6.16. The number of phenols is 1. The number of pyridine rings is 1. The van der Waals surface area contributed by atoms with Gasteiger partial charge in [-0.05, 0) is 72.7 Å². The van der Waals surface area contributed by atoms with E-state index in [-0.39, 0.29) is 35.0 Å². The van der Waals surface area contributed by atoms with Gasteiger partial charge in [0.05, 0.1) is 19.4 Å². The van der Waals surface area contributed by atoms with Crippen molar-refractivity contribution in [2.75, 3.05) is 26.3 Å². The second-order valence-electron chi connectivity index (χ2n) is 11.9. The van der Waals surface area contributed by atoms with Crippen molar-refractivity contribution < 1.29 is 41.7 Å². The molecule has 2 amide bonds. The summed E-state index contributed by atoms with van der Waals surface area (Å²) in [5.74, 6) is -1.55. The molecule has 2 aromatic carbocycles. The van der Waals surface area contributed by atoms with E-state index in [2.05, 4.69) is 25.5 Å². The number of thiazole rings is 1. The molecule has 0 bridgehead atoms. The third-order valence-corrected chi connectivity index (χ3v) is 9.27. The summed E-state index contributed by atoms with van der Waals surface area (Å²) in [5.41, 5.74) is 2.24. The maximum absolute atomic E-state index is 14.3. The molecule has 2 aromatic heterocycles. The maximum atomic E-state index is 14.3. The smallest absolute Gasteiger partial charge is 0.443 e. The number of morpholine rings is 1. The molecule has 6 rings (SSSR count). The van der Waals surface area contributed by atoms with Crippen LogP contribution in [0.4, 0.5) is 17.6 Å². The van der Waals surface area contributed by atoms with Crippen molar-refractivity contribution in [2.45, 2.75) is 50.5 Å². The van der Waals surface area contributed by atoms with Gasteiger partial charge in [0.15, 0.2) is 5.01 Å². The Morgan fingerprint density at radius 2 is 1.71 bits per heavy atom. The van der Waals surface area contributed by atoms with Gasteiger partial charge in [0.25, 0.3) is 11.8 Å². The van der Waals surface area contributed by atoms with Gasteiger partial charge >= 0.3 is 6.18 Å². The number of ether oxygens (including phenoxy) is 2. The Labute approximate surface area is 283 Å². The van der Waals surface area contributed by atoms with Gasteiger partial charge in [0.2, 0.25) is 5.88 Å². The lowest BCUT2D eigenvalue weighted by Gasteiger charge is -2.29. The second-order valence-corrected chi connectivity index (χ2v) is 12.8. The fourth-order valence-electron chi connectivity index (χ4n) is 5.92. The average Bonchev–Trinajstić information content (AvgIpc) is 3.59. The van der Waals surface area contributed by atoms with Gasteiger partial charge in [-0.2, -0.15) is 13.2 Å². The van der Waals surface area contributed by atoms with Crippen LogP contribution in [-0.2, 0) is 17.5 Å². The normalized spacial score (nSPS) is 18.5. The predicted molar refractivity (Wildman–Crippen MR) is 172 cm³/mol. The number of benzene rings is 2. The molecular weight excluding hydrogens is 666 g/mol. The minimum absolute atomic E-state index is 0.0854. The molecule has 4 aromatic rings. The number of phenolic OH excluding ortho intramolecular Hbond substituents is 1. The molecule has 3 heterocycles. The van der Waals surface area contributed by atoms with Crippen LogP contribution in [0.1, 0.15) is 57.1 Å². The second kappa shape index (κ2) is 14.9. The molecule has 0 spiro atoms. The Balaban J connectivity index is 1.09. The number of aromatic hydroxyl groups is 1. The number of rotatable bonds is 9. The number of hydrogen-bond donors (Lipinski definition) is 3. The zero-order valence-electron chi connectivity index (χ0n) is 26.1. The third-order valence-electron chi connectivity index (χ3n) is 8.39. The van der Waals surface area contributed by atoms with Crippen molar-refractivity contribution >= 4 is 23.2 Å². The topological polar surface area (TPSA) is 126 Å². The standard InChI is InChI=1S/C34H33F4N5O5S/c35-22-16-28(30(45)40-23-4-6-24(7-5-23)41-31(46)29-19-49-33(42-29)34(36,37)38)32(39-17-22)48-26-3-1-2-20(15-26)27-9-8-25(44)14-21(27)18-43-10-12-47-13-11-43/h1-3,8-9,14-17,19,23-24,44H,4-7,10-13,18H2,(H,40,45)(H,41,46)/t23-,24+. The van der Waals surface area contributed by atoms with Crippen molar-refractivity contribution in [3.63, 3.8) is 0 Å². The van der Waals surface area contributed by atoms with E-state index in [1.54, 1.807) is 30.3 Å². The zero-order chi connectivity index (χ0) is 34.5. The van der Waals surface area contributed by atoms with Crippen LogP contribution in [-0.4, -0.2) is 70.2 Å². The lowest BCUT2D eigenvalue weighted by molar-refractivity contribution is -0.137. The van der Waals surface area contributed by atoms with Crippen molar-refractivity contribution in [3.8, 4) is 28.5 Å². The largest absolute Gasteiger partial charge is 0.508 e. The van der Waals surface area contributed by atoms with E-state index in [4.69, 9.17) is 9.47 Å². The van der Waals surface area contributed by atoms with E-state index in [9.17, 15) is 32.3 Å². The van der Waals surface area contributed by atoms with Gasteiger partial charge in [-0.15, -0.1) is 11.3 Å². The number of nitrogens with zero attached hydrogens (tertiary/aromatic N) is 3. The summed E-state index contributed by atoms with van der Waals surface area (Å²) in [6.45, 7) is 3.45. The molecule has 2 fully saturated rings. The van der Waals surface area contributed by atoms with Crippen molar-refractivity contribution in [2.24, 2.45) is 0 Å². The molecule has 0 radical (unpaired) electrons. The SMILES string of the molecule is O=C(N[C@H]1CC[C@@H](NC(=O)c2cc(F)cnc2Oc2cccc(-c3ccc(O)cc3CN3CCOCC3)c2)CC1)c1csc(C(F)(F)F)n1. The Bertz CT molecular complexity index is 1810. The maximum Gasteiger partial charge on any atom is 0.443 e. The molecule has 15 heteroatoms. The minimum atomic E-state index is -4.62. The Kier molecular flexibility index (Phi) is 10.4. The monoisotopic (exact) mass is 699 g/mol. The average molecular weight is 700 g/mol. The van der Waals surface area contributed by atoms with Crippen LogP contribution in [0.3, 0.4) is 0 Å². The number of carbonyl (C=O) groups is 2. The number of halogens is 4. The van der Waals surface area contributed by atoms with E-state index in [0.29, 0.717) is 62.5 Å². The van der Waals surface area contributed by atoms with Gasteiger partial charge < -0.3 is 25.2 Å². The molecule has 2 aliphatic rings. The fraction of sp³-hybridized carbons (Fsp3) is 0.353. The van der Waals surface area contributed by atoms with E-state index in [1.165, 1.54) is 0 Å². The van der Waals surface area contributed by atoms with Crippen molar-refractivity contribution in [1.29, 1.82) is 0 Å². The number of hydrogen-bond acceptors (Lipinski definition) is 9. The molecule has 0 unspecified atom stereocenters. The highest BCUT2D eigenvalue weighted by Gasteiger charge is 2.35. The summed E-state index contributed by atoms with van der Waals surface area (Å²) in [4.78, 5) is 35.5. The van der Waals surface area contributed by atoms with Crippen LogP contribution >= 0.6 is 11.3 Å². The molecular formula is C34H33F4N5O5S. The van der Waals surface area contributed by atoms with Crippen LogP contribution in [0.2, 0.25) is 0 Å². The molecule has 0 atom stereocenters. The molecule has 1 aliphatic heterocycles. The molecule has 10 nitrogen and oxygen atoms in total. The highest BCUT2D eigenvalue weighted by molar-refractivity contribution is 7.10. The van der Waals surface area contributed by atoms with Crippen LogP contribution in [0.5, 0.6) is 17.4 Å². The van der Waals surface area contributed by atoms with Gasteiger partial charge in [-0.3, -0.25) is 14.5 Å². The highest BCUT2D eigenvalue weighted by Crippen LogP contribution is 2.34. The molecule has 49 heavy (non-hydrogen) atoms. The van der Waals surface area contributed by atoms with E-state index in [0.717, 1.165) is 47.4 Å². The van der Waals surface area contributed by atoms with Gasteiger partial charge in [0, 0.05) is 37.1 Å². The molecule has 1 saturated carbocycles. The summed E-state index contributed by atoms with van der Waals surface area (Å²) in [6, 6.07) is 12.8. The van der Waals surface area contributed by atoms with E-state index >= 15 is 0 Å². The Morgan fingerprint density at radius 3 is 2.41 bits per heavy atom. The first kappa shape index (κ1) is 34.3. The quantitative estimate of drug-likeness (QED) is 0.177. The van der Waals surface area contributed by atoms with Crippen LogP contribution in [0, 0.1) is 5.82 Å². The molecule has 1 saturated heterocycles.